The molecule has 1 aliphatic carbocycles. The number of hydrogen-bond acceptors (Lipinski definition) is 6. The summed E-state index contributed by atoms with van der Waals surface area (Å²) in [5.74, 6) is -3.49. The van der Waals surface area contributed by atoms with Crippen LogP contribution in [0.5, 0.6) is 0 Å². The van der Waals surface area contributed by atoms with Crippen molar-refractivity contribution in [2.75, 3.05) is 17.2 Å². The van der Waals surface area contributed by atoms with Gasteiger partial charge in [0, 0.05) is 17.5 Å². The van der Waals surface area contributed by atoms with Gasteiger partial charge in [0.25, 0.3) is 5.91 Å². The summed E-state index contributed by atoms with van der Waals surface area (Å²) in [6.07, 6.45) is 3.64. The first-order chi connectivity index (χ1) is 16.1. The minimum Gasteiger partial charge on any atom is -0.368 e. The number of fused-ring (bicyclic) bond motifs is 1. The van der Waals surface area contributed by atoms with Crippen LogP contribution < -0.4 is 32.7 Å². The first-order valence-electron chi connectivity index (χ1n) is 11.3. The molecule has 4 atom stereocenters. The number of carbonyl (C=O) groups is 4. The molecule has 8 N–H and O–H groups in total. The van der Waals surface area contributed by atoms with Gasteiger partial charge in [-0.1, -0.05) is 36.0 Å². The third-order valence-corrected chi connectivity index (χ3v) is 7.30. The standard InChI is InChI=1S/C22H28Cl2N6O4/c23-12-8-14(24)17-15(9-12)29-22(30-17,21(26)34)13(6-10-3-4-10)20(33)28-16(18(25)31)7-11-2-1-5-27-19(11)32/h8-11,13,16,29-30H,1-7H2,(H2,25,31)(H2,26,34)(H,27,32)(H,28,33)/t11-,13?,16-,22-/m0/s1. The number of primary amides is 2. The molecular formula is C22H28Cl2N6O4. The van der Waals surface area contributed by atoms with E-state index in [2.05, 4.69) is 21.3 Å². The second kappa shape index (κ2) is 9.50. The topological polar surface area (TPSA) is 168 Å². The minimum atomic E-state index is -1.69. The average Bonchev–Trinajstić information content (AvgIpc) is 3.50. The van der Waals surface area contributed by atoms with Crippen LogP contribution in [0.3, 0.4) is 0 Å². The summed E-state index contributed by atoms with van der Waals surface area (Å²) in [7, 11) is 0. The third kappa shape index (κ3) is 4.88. The predicted molar refractivity (Wildman–Crippen MR) is 128 cm³/mol. The summed E-state index contributed by atoms with van der Waals surface area (Å²) in [6, 6.07) is 2.03. The van der Waals surface area contributed by atoms with E-state index in [0.29, 0.717) is 35.8 Å². The van der Waals surface area contributed by atoms with Gasteiger partial charge < -0.3 is 32.7 Å². The summed E-state index contributed by atoms with van der Waals surface area (Å²) in [5, 5.41) is 12.1. The van der Waals surface area contributed by atoms with Crippen molar-refractivity contribution in [2.24, 2.45) is 29.2 Å². The van der Waals surface area contributed by atoms with Gasteiger partial charge in [0.2, 0.25) is 23.4 Å². The van der Waals surface area contributed by atoms with E-state index >= 15 is 0 Å². The number of benzene rings is 1. The maximum Gasteiger partial charge on any atom is 0.264 e. The molecule has 12 heteroatoms. The second-order valence-corrected chi connectivity index (χ2v) is 10.1. The van der Waals surface area contributed by atoms with Gasteiger partial charge in [0.1, 0.15) is 6.04 Å². The molecule has 1 saturated heterocycles. The van der Waals surface area contributed by atoms with Crippen LogP contribution in [-0.4, -0.2) is 41.9 Å². The molecule has 2 aliphatic heterocycles. The zero-order valence-corrected chi connectivity index (χ0v) is 20.0. The van der Waals surface area contributed by atoms with Crippen molar-refractivity contribution < 1.29 is 19.2 Å². The van der Waals surface area contributed by atoms with Gasteiger partial charge in [0.05, 0.1) is 22.3 Å². The number of amides is 4. The molecule has 4 amide bonds. The van der Waals surface area contributed by atoms with E-state index in [-0.39, 0.29) is 23.3 Å². The molecule has 10 nitrogen and oxygen atoms in total. The van der Waals surface area contributed by atoms with Crippen LogP contribution in [0.2, 0.25) is 10.0 Å². The largest absolute Gasteiger partial charge is 0.368 e. The number of nitrogens with one attached hydrogen (secondary N) is 4. The summed E-state index contributed by atoms with van der Waals surface area (Å²) < 4.78 is 0. The van der Waals surface area contributed by atoms with Crippen LogP contribution in [0, 0.1) is 17.8 Å². The summed E-state index contributed by atoms with van der Waals surface area (Å²) >= 11 is 12.4. The van der Waals surface area contributed by atoms with Gasteiger partial charge in [0.15, 0.2) is 0 Å². The number of carbonyl (C=O) groups excluding carboxylic acids is 4. The average molecular weight is 511 g/mol. The number of rotatable bonds is 9. The monoisotopic (exact) mass is 510 g/mol. The van der Waals surface area contributed by atoms with Crippen LogP contribution in [0.25, 0.3) is 0 Å². The summed E-state index contributed by atoms with van der Waals surface area (Å²) in [6.45, 7) is 0.581. The minimum absolute atomic E-state index is 0.0785. The number of halogens is 2. The highest BCUT2D eigenvalue weighted by Crippen LogP contribution is 2.47. The smallest absolute Gasteiger partial charge is 0.264 e. The van der Waals surface area contributed by atoms with E-state index < -0.39 is 41.3 Å². The van der Waals surface area contributed by atoms with Crippen molar-refractivity contribution in [3.05, 3.63) is 22.2 Å². The molecular weight excluding hydrogens is 483 g/mol. The molecule has 0 radical (unpaired) electrons. The maximum atomic E-state index is 13.6. The molecule has 1 unspecified atom stereocenters. The zero-order chi connectivity index (χ0) is 24.6. The van der Waals surface area contributed by atoms with Crippen molar-refractivity contribution in [1.29, 1.82) is 0 Å². The molecule has 1 aromatic carbocycles. The van der Waals surface area contributed by atoms with Crippen molar-refractivity contribution >= 4 is 58.2 Å². The van der Waals surface area contributed by atoms with E-state index in [0.717, 1.165) is 19.3 Å². The van der Waals surface area contributed by atoms with Gasteiger partial charge in [-0.2, -0.15) is 0 Å². The van der Waals surface area contributed by atoms with E-state index in [1.54, 1.807) is 6.07 Å². The molecule has 1 aromatic rings. The molecule has 2 heterocycles. The van der Waals surface area contributed by atoms with Crippen LogP contribution in [0.15, 0.2) is 12.1 Å². The quantitative estimate of drug-likeness (QED) is 0.292. The molecule has 34 heavy (non-hydrogen) atoms. The Balaban J connectivity index is 1.60. The van der Waals surface area contributed by atoms with E-state index in [1.165, 1.54) is 6.07 Å². The molecule has 0 aromatic heterocycles. The summed E-state index contributed by atoms with van der Waals surface area (Å²) in [5.41, 5.74) is 10.6. The molecule has 2 fully saturated rings. The lowest BCUT2D eigenvalue weighted by atomic mass is 9.85. The van der Waals surface area contributed by atoms with Crippen LogP contribution in [-0.2, 0) is 19.2 Å². The maximum absolute atomic E-state index is 13.6. The van der Waals surface area contributed by atoms with Gasteiger partial charge >= 0.3 is 0 Å². The van der Waals surface area contributed by atoms with Crippen molar-refractivity contribution in [3.63, 3.8) is 0 Å². The van der Waals surface area contributed by atoms with Gasteiger partial charge in [-0.25, -0.2) is 0 Å². The first kappa shape index (κ1) is 24.4. The lowest BCUT2D eigenvalue weighted by molar-refractivity contribution is -0.136. The number of nitrogens with two attached hydrogens (primary N) is 2. The highest BCUT2D eigenvalue weighted by atomic mass is 35.5. The van der Waals surface area contributed by atoms with Gasteiger partial charge in [-0.05, 0) is 43.7 Å². The Morgan fingerprint density at radius 3 is 2.47 bits per heavy atom. The van der Waals surface area contributed by atoms with E-state index in [9.17, 15) is 19.2 Å². The van der Waals surface area contributed by atoms with Crippen molar-refractivity contribution in [2.45, 2.75) is 50.2 Å². The van der Waals surface area contributed by atoms with Gasteiger partial charge in [-0.3, -0.25) is 19.2 Å². The highest BCUT2D eigenvalue weighted by molar-refractivity contribution is 6.37. The number of hydrogen-bond donors (Lipinski definition) is 6. The number of piperidine rings is 1. The highest BCUT2D eigenvalue weighted by Gasteiger charge is 2.54. The summed E-state index contributed by atoms with van der Waals surface area (Å²) in [4.78, 5) is 50.8. The second-order valence-electron chi connectivity index (χ2n) is 9.29. The molecule has 1 saturated carbocycles. The zero-order valence-electron chi connectivity index (χ0n) is 18.5. The van der Waals surface area contributed by atoms with Crippen molar-refractivity contribution in [1.82, 2.24) is 10.6 Å². The Morgan fingerprint density at radius 2 is 1.85 bits per heavy atom. The van der Waals surface area contributed by atoms with Crippen LogP contribution in [0.4, 0.5) is 11.4 Å². The molecule has 3 aliphatic rings. The van der Waals surface area contributed by atoms with Crippen molar-refractivity contribution in [3.8, 4) is 0 Å². The Morgan fingerprint density at radius 1 is 1.12 bits per heavy atom. The Labute approximate surface area is 206 Å². The van der Waals surface area contributed by atoms with Gasteiger partial charge in [-0.15, -0.1) is 0 Å². The number of anilines is 2. The molecule has 4 rings (SSSR count). The lowest BCUT2D eigenvalue weighted by Crippen LogP contribution is -2.64. The fourth-order valence-corrected chi connectivity index (χ4v) is 5.28. The lowest BCUT2D eigenvalue weighted by Gasteiger charge is -2.36. The SMILES string of the molecule is NC(=O)[C@H](C[C@@H]1CCCNC1=O)NC(=O)C(CC1CC1)[C@]1(C(N)=O)Nc2cc(Cl)cc(Cl)c2N1. The molecule has 0 spiro atoms. The fraction of sp³-hybridized carbons (Fsp3) is 0.545. The van der Waals surface area contributed by atoms with E-state index in [4.69, 9.17) is 34.7 Å². The Kier molecular flexibility index (Phi) is 6.82. The first-order valence-corrected chi connectivity index (χ1v) is 12.1. The molecule has 184 valence electrons. The van der Waals surface area contributed by atoms with Crippen LogP contribution in [0.1, 0.15) is 38.5 Å². The van der Waals surface area contributed by atoms with E-state index in [1.807, 2.05) is 0 Å². The Hall–Kier alpha value is -2.72. The third-order valence-electron chi connectivity index (χ3n) is 6.78. The normalized spacial score (nSPS) is 25.2. The fourth-order valence-electron chi connectivity index (χ4n) is 4.74. The Bertz CT molecular complexity index is 1030. The molecule has 0 bridgehead atoms. The van der Waals surface area contributed by atoms with Crippen LogP contribution >= 0.6 is 23.2 Å². The predicted octanol–water partition coefficient (Wildman–Crippen LogP) is 1.32.